The van der Waals surface area contributed by atoms with Crippen molar-refractivity contribution in [3.05, 3.63) is 49.1 Å². The van der Waals surface area contributed by atoms with Gasteiger partial charge in [0.1, 0.15) is 5.60 Å². The number of amides is 7. The minimum atomic E-state index is -1.02. The predicted molar refractivity (Wildman–Crippen MR) is 393 cm³/mol. The van der Waals surface area contributed by atoms with Crippen LogP contribution < -0.4 is 37.2 Å². The molecule has 10 aliphatic rings. The van der Waals surface area contributed by atoms with Gasteiger partial charge in [-0.15, -0.1) is 0 Å². The van der Waals surface area contributed by atoms with Gasteiger partial charge >= 0.3 is 0 Å². The number of methoxy groups -OCH3 is 1. The van der Waals surface area contributed by atoms with E-state index >= 15 is 0 Å². The van der Waals surface area contributed by atoms with Gasteiger partial charge in [0.15, 0.2) is 11.2 Å². The highest BCUT2D eigenvalue weighted by Crippen LogP contribution is 2.42. The lowest BCUT2D eigenvalue weighted by molar-refractivity contribution is -0.173. The van der Waals surface area contributed by atoms with Crippen molar-refractivity contribution in [2.75, 3.05) is 112 Å². The molecule has 5 atom stereocenters. The van der Waals surface area contributed by atoms with Crippen LogP contribution in [0.3, 0.4) is 0 Å². The van der Waals surface area contributed by atoms with Gasteiger partial charge in [0.05, 0.1) is 50.4 Å². The van der Waals surface area contributed by atoms with Gasteiger partial charge in [-0.1, -0.05) is 172 Å². The smallest absolute Gasteiger partial charge is 0.260 e. The van der Waals surface area contributed by atoms with Gasteiger partial charge in [-0.25, -0.2) is 0 Å². The van der Waals surface area contributed by atoms with Crippen LogP contribution in [0.1, 0.15) is 254 Å². The maximum Gasteiger partial charge on any atom is 0.260 e. The Kier molecular flexibility index (Phi) is 42.9. The molecule has 7 N–H and O–H groups in total. The number of imide groups is 1. The van der Waals surface area contributed by atoms with E-state index in [1.54, 1.807) is 12.0 Å². The number of ether oxygens (including phenoxy) is 6. The summed E-state index contributed by atoms with van der Waals surface area (Å²) >= 11 is 0. The first-order valence-corrected chi connectivity index (χ1v) is 38.0. The molecule has 10 aliphatic heterocycles. The lowest BCUT2D eigenvalue weighted by Crippen LogP contribution is -2.69. The molecular formula is C77H137N9O13. The van der Waals surface area contributed by atoms with Crippen LogP contribution >= 0.6 is 0 Å². The quantitative estimate of drug-likeness (QED) is 0.0298. The number of likely N-dealkylation sites (tertiary alicyclic amines) is 1. The number of morpholine rings is 2. The van der Waals surface area contributed by atoms with Crippen molar-refractivity contribution < 1.29 is 62.0 Å². The number of hydrogen-bond acceptors (Lipinski definition) is 16. The van der Waals surface area contributed by atoms with Gasteiger partial charge in [-0.2, -0.15) is 0 Å². The Morgan fingerprint density at radius 3 is 1.52 bits per heavy atom. The first kappa shape index (κ1) is 88.3. The van der Waals surface area contributed by atoms with Crippen molar-refractivity contribution >= 4 is 41.4 Å². The van der Waals surface area contributed by atoms with Gasteiger partial charge < -0.3 is 65.2 Å². The van der Waals surface area contributed by atoms with E-state index in [0.717, 1.165) is 185 Å². The van der Waals surface area contributed by atoms with E-state index < -0.39 is 22.7 Å². The Balaban J connectivity index is 0.000000312. The number of rotatable bonds is 27. The molecule has 10 heterocycles. The molecule has 0 saturated carbocycles. The number of hydrogen-bond donors (Lipinski definition) is 7. The molecule has 0 aromatic carbocycles. The maximum atomic E-state index is 12.1. The summed E-state index contributed by atoms with van der Waals surface area (Å²) in [5.41, 5.74) is 0.929. The van der Waals surface area contributed by atoms with Gasteiger partial charge in [0.25, 0.3) is 17.7 Å². The molecule has 0 radical (unpaired) electrons. The second-order valence-corrected chi connectivity index (χ2v) is 28.3. The predicted octanol–water partition coefficient (Wildman–Crippen LogP) is 11.0. The van der Waals surface area contributed by atoms with Crippen LogP contribution in [-0.4, -0.2) is 186 Å². The molecule has 0 bridgehead atoms. The highest BCUT2D eigenvalue weighted by atomic mass is 16.5. The number of nitrogens with one attached hydrogen (secondary N) is 7. The van der Waals surface area contributed by atoms with Crippen molar-refractivity contribution in [1.29, 1.82) is 0 Å². The first-order chi connectivity index (χ1) is 47.2. The Hall–Kier alpha value is -4.91. The Morgan fingerprint density at radius 1 is 0.495 bits per heavy atom. The molecule has 7 amide bonds. The average Bonchev–Trinajstić information content (AvgIpc) is 1.30. The Bertz CT molecular complexity index is 2470. The fraction of sp³-hybridized carbons (Fsp3) is 0.805. The van der Waals surface area contributed by atoms with Crippen molar-refractivity contribution in [1.82, 2.24) is 47.0 Å². The average molecular weight is 1400 g/mol. The number of piperidine rings is 5. The molecule has 10 fully saturated rings. The molecule has 5 unspecified atom stereocenters. The van der Waals surface area contributed by atoms with Crippen molar-refractivity contribution in [3.63, 3.8) is 0 Å². The molecule has 568 valence electrons. The van der Waals surface area contributed by atoms with E-state index in [-0.39, 0.29) is 66.7 Å². The van der Waals surface area contributed by atoms with Crippen LogP contribution in [-0.2, 0) is 62.0 Å². The Morgan fingerprint density at radius 2 is 1.01 bits per heavy atom. The summed E-state index contributed by atoms with van der Waals surface area (Å²) in [4.78, 5) is 86.7. The normalized spacial score (nSPS) is 25.8. The second-order valence-electron chi connectivity index (χ2n) is 28.3. The van der Waals surface area contributed by atoms with Crippen molar-refractivity contribution in [3.8, 4) is 0 Å². The summed E-state index contributed by atoms with van der Waals surface area (Å²) in [5, 5.41) is 20.3. The highest BCUT2D eigenvalue weighted by Gasteiger charge is 2.54. The zero-order chi connectivity index (χ0) is 71.7. The van der Waals surface area contributed by atoms with Crippen LogP contribution in [0, 0.1) is 10.8 Å². The topological polar surface area (TPSA) is 266 Å². The van der Waals surface area contributed by atoms with Crippen LogP contribution in [0.5, 0.6) is 0 Å². The van der Waals surface area contributed by atoms with E-state index in [9.17, 15) is 33.6 Å². The van der Waals surface area contributed by atoms with E-state index in [0.29, 0.717) is 58.4 Å². The molecule has 22 nitrogen and oxygen atoms in total. The van der Waals surface area contributed by atoms with Crippen LogP contribution in [0.15, 0.2) is 49.1 Å². The summed E-state index contributed by atoms with van der Waals surface area (Å²) in [6, 6.07) is 0.396. The maximum absolute atomic E-state index is 12.1. The highest BCUT2D eigenvalue weighted by molar-refractivity contribution is 6.02. The van der Waals surface area contributed by atoms with Crippen LogP contribution in [0.2, 0.25) is 0 Å². The third-order valence-corrected chi connectivity index (χ3v) is 20.2. The molecule has 22 heteroatoms. The number of carbonyl (C=O) groups is 7. The molecular weight excluding hydrogens is 1260 g/mol. The van der Waals surface area contributed by atoms with Crippen molar-refractivity contribution in [2.24, 2.45) is 10.8 Å². The molecule has 0 aliphatic carbocycles. The zero-order valence-corrected chi connectivity index (χ0v) is 62.0. The van der Waals surface area contributed by atoms with E-state index in [4.69, 9.17) is 28.4 Å². The van der Waals surface area contributed by atoms with Crippen molar-refractivity contribution in [2.45, 2.75) is 277 Å². The number of carbonyl (C=O) groups excluding carboxylic acids is 7. The third-order valence-electron chi connectivity index (χ3n) is 20.2. The first-order valence-electron chi connectivity index (χ1n) is 38.0. The zero-order valence-electron chi connectivity index (χ0n) is 62.0. The summed E-state index contributed by atoms with van der Waals surface area (Å²) in [7, 11) is 1.68. The van der Waals surface area contributed by atoms with E-state index in [1.807, 2.05) is 0 Å². The SMILES string of the molecule is C.C=C1CCC2(CCCO2)C(=O)N1.C=C1CCC2(CN(CCOCCCCOCCOC)C2)C(=O)N1.C=C1CCC2(CNC2CCCCCCC)C(=O)N1.C=C1CCC2(CNCCO2)C(=O)N1.CCCC.CCCCCC(=O)N1CCOC2(CCC(=O)NC2=O)C1.CCCCCCCC. The largest absolute Gasteiger partial charge is 0.382 e. The molecule has 0 aromatic heterocycles. The standard InChI is InChI=1S/C17H30N2O4.C15H26N2O.C14H22N2O4.C9H14N2O2.C9H13NO2.C8H18.C4H10.CH4/c1-15-5-6-17(16(20)18-15)13-19(14-17)7-10-22-8-3-4-9-23-12-11-21-2;1-3-4-5-6-7-8-13-15(11-16-13)10-9-12(2)17-14(15)18;1-2-3-4-5-12(18)16-8-9-20-14(10-16)7-6-11(17)15-13(14)19;1-7-2-3-9(8(12)11-7)6-10-4-5-13-9;1-7-3-5-9(8(11)10-7)4-2-6-12-9;1-3-5-7-8-6-4-2;1-3-4-2;/h1,3-14H2,2H3,(H,18,20);13,16H,2-11H2,1H3,(H,17,18);2-10H2,1H3,(H,15,17,19);10H,1-6H2,(H,11,12);1-6H2,(H,10,11);3-8H2,1-2H3;3-4H2,1-2H3;1H4. The molecule has 5 spiro atoms. The van der Waals surface area contributed by atoms with Gasteiger partial charge in [0.2, 0.25) is 23.6 Å². The second kappa shape index (κ2) is 48.1. The number of nitrogens with zero attached hydrogens (tertiary/aromatic N) is 2. The van der Waals surface area contributed by atoms with Gasteiger partial charge in [0, 0.05) is 114 Å². The van der Waals surface area contributed by atoms with Gasteiger partial charge in [-0.05, 0) is 96.3 Å². The van der Waals surface area contributed by atoms with E-state index in [1.165, 1.54) is 83.5 Å². The van der Waals surface area contributed by atoms with Crippen LogP contribution in [0.25, 0.3) is 0 Å². The van der Waals surface area contributed by atoms with Gasteiger partial charge in [-0.3, -0.25) is 43.8 Å². The fourth-order valence-electron chi connectivity index (χ4n) is 13.4. The number of unbranched alkanes of at least 4 members (excludes halogenated alkanes) is 13. The lowest BCUT2D eigenvalue weighted by atomic mass is 9.66. The van der Waals surface area contributed by atoms with E-state index in [2.05, 4.69) is 110 Å². The Labute approximate surface area is 597 Å². The monoisotopic (exact) mass is 1400 g/mol. The molecule has 10 saturated heterocycles. The summed E-state index contributed by atoms with van der Waals surface area (Å²) in [5.74, 6) is -0.274. The third kappa shape index (κ3) is 29.4. The summed E-state index contributed by atoms with van der Waals surface area (Å²) in [6.45, 7) is 39.3. The summed E-state index contributed by atoms with van der Waals surface area (Å²) < 4.78 is 32.6. The summed E-state index contributed by atoms with van der Waals surface area (Å²) in [6.07, 6.45) is 33.8. The van der Waals surface area contributed by atoms with Crippen LogP contribution in [0.4, 0.5) is 0 Å². The fourth-order valence-corrected chi connectivity index (χ4v) is 13.4. The molecule has 0 aromatic rings. The minimum absolute atomic E-state index is 0. The molecule has 99 heavy (non-hydrogen) atoms. The minimum Gasteiger partial charge on any atom is -0.382 e. The lowest BCUT2D eigenvalue weighted by Gasteiger charge is -2.51. The molecule has 10 rings (SSSR count). The number of allylic oxidation sites excluding steroid dienone is 4.